The molecule has 0 saturated heterocycles. The second kappa shape index (κ2) is 8.08. The molecule has 0 saturated carbocycles. The van der Waals surface area contributed by atoms with Gasteiger partial charge in [-0.05, 0) is 44.9 Å². The molecule has 0 spiro atoms. The van der Waals surface area contributed by atoms with Crippen LogP contribution in [0.1, 0.15) is 73.1 Å². The van der Waals surface area contributed by atoms with E-state index >= 15 is 0 Å². The predicted octanol–water partition coefficient (Wildman–Crippen LogP) is 5.34. The molecule has 0 heteroatoms. The molecule has 0 aromatic heterocycles. The Morgan fingerprint density at radius 1 is 1.21 bits per heavy atom. The average Bonchev–Trinajstić information content (AvgIpc) is 2.42. The zero-order chi connectivity index (χ0) is 11.0. The van der Waals surface area contributed by atoms with Gasteiger partial charge in [-0.1, -0.05) is 45.3 Å². The zero-order valence-corrected chi connectivity index (χ0v) is 10.8. The van der Waals surface area contributed by atoms with Crippen molar-refractivity contribution in [1.82, 2.24) is 0 Å². The Balaban J connectivity index is 0.000000791. The Morgan fingerprint density at radius 3 is 2.36 bits per heavy atom. The number of hydrogen-bond acceptors (Lipinski definition) is 0. The third kappa shape index (κ3) is 4.30. The van der Waals surface area contributed by atoms with Crippen molar-refractivity contribution >= 4 is 0 Å². The molecule has 1 unspecified atom stereocenters. The average molecular weight is 196 g/mol. The monoisotopic (exact) mass is 196 g/mol. The summed E-state index contributed by atoms with van der Waals surface area (Å²) in [5.74, 6) is 0.981. The minimum absolute atomic E-state index is 0.981. The molecule has 1 aliphatic carbocycles. The van der Waals surface area contributed by atoms with Gasteiger partial charge in [0.2, 0.25) is 0 Å². The van der Waals surface area contributed by atoms with Crippen LogP contribution in [0.2, 0.25) is 0 Å². The minimum atomic E-state index is 0.981. The lowest BCUT2D eigenvalue weighted by Crippen LogP contribution is -1.96. The molecule has 14 heavy (non-hydrogen) atoms. The fraction of sp³-hybridized carbons (Fsp3) is 0.857. The first-order valence-electron chi connectivity index (χ1n) is 6.45. The first kappa shape index (κ1) is 13.7. The maximum absolute atomic E-state index is 2.34. The Labute approximate surface area is 90.8 Å². The van der Waals surface area contributed by atoms with Crippen LogP contribution in [-0.2, 0) is 0 Å². The largest absolute Gasteiger partial charge is 0.0739 e. The summed E-state index contributed by atoms with van der Waals surface area (Å²) in [5, 5.41) is 0. The second-order valence-corrected chi connectivity index (χ2v) is 4.11. The summed E-state index contributed by atoms with van der Waals surface area (Å²) >= 11 is 0. The van der Waals surface area contributed by atoms with Crippen LogP contribution in [-0.4, -0.2) is 0 Å². The van der Waals surface area contributed by atoms with Gasteiger partial charge in [-0.3, -0.25) is 0 Å². The van der Waals surface area contributed by atoms with Crippen LogP contribution in [0.25, 0.3) is 0 Å². The van der Waals surface area contributed by atoms with Gasteiger partial charge in [-0.15, -0.1) is 0 Å². The summed E-state index contributed by atoms with van der Waals surface area (Å²) in [6.45, 7) is 11.0. The van der Waals surface area contributed by atoms with E-state index in [0.717, 1.165) is 5.92 Å². The highest BCUT2D eigenvalue weighted by atomic mass is 14.2. The van der Waals surface area contributed by atoms with Gasteiger partial charge in [0, 0.05) is 0 Å². The Morgan fingerprint density at radius 2 is 1.86 bits per heavy atom. The van der Waals surface area contributed by atoms with Gasteiger partial charge >= 0.3 is 0 Å². The van der Waals surface area contributed by atoms with Crippen LogP contribution in [0.4, 0.5) is 0 Å². The van der Waals surface area contributed by atoms with Gasteiger partial charge in [0.1, 0.15) is 0 Å². The van der Waals surface area contributed by atoms with E-state index in [2.05, 4.69) is 20.8 Å². The van der Waals surface area contributed by atoms with Crippen LogP contribution in [0.3, 0.4) is 0 Å². The van der Waals surface area contributed by atoms with Gasteiger partial charge in [0.25, 0.3) is 0 Å². The summed E-state index contributed by atoms with van der Waals surface area (Å²) < 4.78 is 0. The molecule has 1 atom stereocenters. The van der Waals surface area contributed by atoms with Gasteiger partial charge < -0.3 is 0 Å². The molecular weight excluding hydrogens is 168 g/mol. The van der Waals surface area contributed by atoms with Crippen molar-refractivity contribution in [2.75, 3.05) is 0 Å². The molecule has 0 bridgehead atoms. The normalized spacial score (nSPS) is 22.5. The summed E-state index contributed by atoms with van der Waals surface area (Å²) in [6.07, 6.45) is 8.28. The molecular formula is C14H28. The smallest absolute Gasteiger partial charge is 0.0292 e. The molecule has 0 amide bonds. The highest BCUT2D eigenvalue weighted by Crippen LogP contribution is 2.30. The fourth-order valence-electron chi connectivity index (χ4n) is 2.32. The first-order chi connectivity index (χ1) is 6.77. The van der Waals surface area contributed by atoms with E-state index in [1.54, 1.807) is 11.1 Å². The Kier molecular flexibility index (Phi) is 7.93. The van der Waals surface area contributed by atoms with E-state index in [0.29, 0.717) is 0 Å². The molecule has 0 aromatic carbocycles. The van der Waals surface area contributed by atoms with Crippen molar-refractivity contribution in [2.45, 2.75) is 73.1 Å². The highest BCUT2D eigenvalue weighted by molar-refractivity contribution is 5.13. The predicted molar refractivity (Wildman–Crippen MR) is 66.6 cm³/mol. The topological polar surface area (TPSA) is 0 Å². The number of allylic oxidation sites excluding steroid dienone is 2. The summed E-state index contributed by atoms with van der Waals surface area (Å²) in [6, 6.07) is 0. The Hall–Kier alpha value is -0.260. The van der Waals surface area contributed by atoms with Gasteiger partial charge in [0.15, 0.2) is 0 Å². The molecule has 0 radical (unpaired) electrons. The molecule has 0 heterocycles. The van der Waals surface area contributed by atoms with Crippen LogP contribution in [0, 0.1) is 5.92 Å². The van der Waals surface area contributed by atoms with Crippen LogP contribution in [0.15, 0.2) is 11.1 Å². The standard InChI is InChI=1S/C12H22.C2H6/c1-4-11-7-6-8-12(5-2)10(3)9-11;1-2/h11H,4-9H2,1-3H3;1-2H3. The van der Waals surface area contributed by atoms with Crippen molar-refractivity contribution < 1.29 is 0 Å². The van der Waals surface area contributed by atoms with E-state index in [1.807, 2.05) is 13.8 Å². The molecule has 0 nitrogen and oxygen atoms in total. The molecule has 0 fully saturated rings. The van der Waals surface area contributed by atoms with Gasteiger partial charge in [-0.2, -0.15) is 0 Å². The van der Waals surface area contributed by atoms with Crippen LogP contribution < -0.4 is 0 Å². The minimum Gasteiger partial charge on any atom is -0.0739 e. The Bertz CT molecular complexity index is 165. The van der Waals surface area contributed by atoms with Crippen molar-refractivity contribution in [3.8, 4) is 0 Å². The third-order valence-corrected chi connectivity index (χ3v) is 3.29. The third-order valence-electron chi connectivity index (χ3n) is 3.29. The van der Waals surface area contributed by atoms with E-state index in [1.165, 1.54) is 38.5 Å². The lowest BCUT2D eigenvalue weighted by molar-refractivity contribution is 0.464. The van der Waals surface area contributed by atoms with Gasteiger partial charge in [0.05, 0.1) is 0 Å². The maximum atomic E-state index is 2.34. The molecule has 0 aliphatic heterocycles. The van der Waals surface area contributed by atoms with Crippen molar-refractivity contribution in [3.05, 3.63) is 11.1 Å². The second-order valence-electron chi connectivity index (χ2n) is 4.11. The van der Waals surface area contributed by atoms with Crippen LogP contribution >= 0.6 is 0 Å². The van der Waals surface area contributed by atoms with Crippen molar-refractivity contribution in [1.29, 1.82) is 0 Å². The molecule has 84 valence electrons. The SMILES string of the molecule is CC.CCC1=C(C)CC(CC)CCC1. The van der Waals surface area contributed by atoms with E-state index in [9.17, 15) is 0 Å². The quantitative estimate of drug-likeness (QED) is 0.523. The van der Waals surface area contributed by atoms with Crippen LogP contribution in [0.5, 0.6) is 0 Å². The molecule has 1 aliphatic rings. The summed E-state index contributed by atoms with van der Waals surface area (Å²) in [5.41, 5.74) is 3.44. The summed E-state index contributed by atoms with van der Waals surface area (Å²) in [4.78, 5) is 0. The lowest BCUT2D eigenvalue weighted by atomic mass is 9.95. The molecule has 0 aromatic rings. The van der Waals surface area contributed by atoms with E-state index in [4.69, 9.17) is 0 Å². The summed E-state index contributed by atoms with van der Waals surface area (Å²) in [7, 11) is 0. The number of hydrogen-bond donors (Lipinski definition) is 0. The van der Waals surface area contributed by atoms with E-state index in [-0.39, 0.29) is 0 Å². The fourth-order valence-corrected chi connectivity index (χ4v) is 2.32. The van der Waals surface area contributed by atoms with Crippen molar-refractivity contribution in [2.24, 2.45) is 5.92 Å². The maximum Gasteiger partial charge on any atom is -0.0292 e. The first-order valence-corrected chi connectivity index (χ1v) is 6.45. The molecule has 0 N–H and O–H groups in total. The lowest BCUT2D eigenvalue weighted by Gasteiger charge is -2.11. The number of rotatable bonds is 2. The highest BCUT2D eigenvalue weighted by Gasteiger charge is 2.13. The molecule has 1 rings (SSSR count). The van der Waals surface area contributed by atoms with Crippen molar-refractivity contribution in [3.63, 3.8) is 0 Å². The zero-order valence-electron chi connectivity index (χ0n) is 10.8. The van der Waals surface area contributed by atoms with E-state index < -0.39 is 0 Å². The van der Waals surface area contributed by atoms with Gasteiger partial charge in [-0.25, -0.2) is 0 Å².